The molecule has 0 unspecified atom stereocenters. The highest BCUT2D eigenvalue weighted by atomic mass is 32.1. The zero-order valence-corrected chi connectivity index (χ0v) is 12.8. The first-order chi connectivity index (χ1) is 8.65. The molecule has 0 aromatic carbocycles. The van der Waals surface area contributed by atoms with E-state index in [1.165, 1.54) is 45.3 Å². The predicted octanol–water partition coefficient (Wildman–Crippen LogP) is 1.74. The van der Waals surface area contributed by atoms with E-state index >= 15 is 0 Å². The van der Waals surface area contributed by atoms with E-state index in [9.17, 15) is 0 Å². The van der Waals surface area contributed by atoms with Gasteiger partial charge in [-0.25, -0.2) is 0 Å². The second-order valence-electron chi connectivity index (χ2n) is 6.24. The van der Waals surface area contributed by atoms with Gasteiger partial charge in [-0.1, -0.05) is 0 Å². The maximum absolute atomic E-state index is 5.51. The van der Waals surface area contributed by atoms with Crippen LogP contribution in [0.2, 0.25) is 0 Å². The molecule has 2 heterocycles. The van der Waals surface area contributed by atoms with Crippen LogP contribution in [-0.2, 0) is 4.74 Å². The Morgan fingerprint density at radius 1 is 1.22 bits per heavy atom. The monoisotopic (exact) mass is 272 g/mol. The third-order valence-corrected chi connectivity index (χ3v) is 5.41. The Hall–Kier alpha value is 0.230. The molecule has 0 radical (unpaired) electrons. The Bertz CT molecular complexity index is 246. The molecule has 0 spiro atoms. The molecule has 0 aromatic rings. The van der Waals surface area contributed by atoms with Crippen LogP contribution < -0.4 is 0 Å². The lowest BCUT2D eigenvalue weighted by Crippen LogP contribution is -2.48. The molecule has 4 heteroatoms. The molecule has 3 nitrogen and oxygen atoms in total. The van der Waals surface area contributed by atoms with Crippen LogP contribution in [0.1, 0.15) is 25.7 Å². The maximum atomic E-state index is 5.51. The smallest absolute Gasteiger partial charge is 0.0472 e. The Kier molecular flexibility index (Phi) is 5.36. The summed E-state index contributed by atoms with van der Waals surface area (Å²) in [5.41, 5.74) is 0.409. The summed E-state index contributed by atoms with van der Waals surface area (Å²) in [6.07, 6.45) is 4.99. The zero-order valence-electron chi connectivity index (χ0n) is 11.9. The number of nitrogens with zero attached hydrogens (tertiary/aromatic N) is 2. The van der Waals surface area contributed by atoms with E-state index in [2.05, 4.69) is 36.5 Å². The third kappa shape index (κ3) is 3.62. The first-order valence-corrected chi connectivity index (χ1v) is 7.86. The van der Waals surface area contributed by atoms with E-state index in [1.54, 1.807) is 0 Å². The minimum Gasteiger partial charge on any atom is -0.381 e. The van der Waals surface area contributed by atoms with Gasteiger partial charge in [-0.2, -0.15) is 12.6 Å². The van der Waals surface area contributed by atoms with Crippen molar-refractivity contribution < 1.29 is 4.74 Å². The quantitative estimate of drug-likeness (QED) is 0.785. The van der Waals surface area contributed by atoms with Crippen molar-refractivity contribution in [2.24, 2.45) is 5.41 Å². The average Bonchev–Trinajstić information content (AvgIpc) is 2.40. The minimum atomic E-state index is 0.409. The highest BCUT2D eigenvalue weighted by Gasteiger charge is 2.34. The van der Waals surface area contributed by atoms with Gasteiger partial charge in [0.15, 0.2) is 0 Å². The normalized spacial score (nSPS) is 26.7. The zero-order chi connectivity index (χ0) is 13.0. The molecule has 0 saturated carbocycles. The first kappa shape index (κ1) is 14.6. The Morgan fingerprint density at radius 3 is 2.33 bits per heavy atom. The number of hydrogen-bond acceptors (Lipinski definition) is 4. The number of piperidine rings is 1. The van der Waals surface area contributed by atoms with Gasteiger partial charge in [0.2, 0.25) is 0 Å². The molecule has 2 aliphatic rings. The summed E-state index contributed by atoms with van der Waals surface area (Å²) in [5, 5.41) is 0. The second kappa shape index (κ2) is 6.60. The van der Waals surface area contributed by atoms with Gasteiger partial charge in [0.1, 0.15) is 0 Å². The van der Waals surface area contributed by atoms with Crippen molar-refractivity contribution in [2.45, 2.75) is 31.7 Å². The SMILES string of the molecule is CN(C)C1CCN(CC2(CS)CCOCC2)CC1. The van der Waals surface area contributed by atoms with Gasteiger partial charge in [0, 0.05) is 25.8 Å². The van der Waals surface area contributed by atoms with E-state index in [0.29, 0.717) is 5.41 Å². The second-order valence-corrected chi connectivity index (χ2v) is 6.56. The van der Waals surface area contributed by atoms with E-state index in [4.69, 9.17) is 4.74 Å². The summed E-state index contributed by atoms with van der Waals surface area (Å²) in [6.45, 7) is 5.57. The topological polar surface area (TPSA) is 15.7 Å². The molecule has 0 N–H and O–H groups in total. The predicted molar refractivity (Wildman–Crippen MR) is 79.5 cm³/mol. The molecule has 0 aliphatic carbocycles. The maximum Gasteiger partial charge on any atom is 0.0472 e. The molecular formula is C14H28N2OS. The van der Waals surface area contributed by atoms with Crippen molar-refractivity contribution in [1.29, 1.82) is 0 Å². The molecule has 0 amide bonds. The number of ether oxygens (including phenoxy) is 1. The highest BCUT2D eigenvalue weighted by molar-refractivity contribution is 7.80. The van der Waals surface area contributed by atoms with Gasteiger partial charge in [-0.05, 0) is 64.0 Å². The Balaban J connectivity index is 1.82. The molecule has 2 saturated heterocycles. The number of thiol groups is 1. The number of rotatable bonds is 4. The van der Waals surface area contributed by atoms with E-state index < -0.39 is 0 Å². The summed E-state index contributed by atoms with van der Waals surface area (Å²) < 4.78 is 5.51. The molecule has 106 valence electrons. The van der Waals surface area contributed by atoms with Gasteiger partial charge < -0.3 is 14.5 Å². The fourth-order valence-corrected chi connectivity index (χ4v) is 3.66. The van der Waals surface area contributed by atoms with Crippen molar-refractivity contribution in [1.82, 2.24) is 9.80 Å². The molecule has 0 atom stereocenters. The lowest BCUT2D eigenvalue weighted by Gasteiger charge is -2.43. The van der Waals surface area contributed by atoms with Gasteiger partial charge in [-0.15, -0.1) is 0 Å². The first-order valence-electron chi connectivity index (χ1n) is 7.23. The van der Waals surface area contributed by atoms with Crippen molar-refractivity contribution in [2.75, 3.05) is 52.7 Å². The number of hydrogen-bond donors (Lipinski definition) is 1. The standard InChI is InChI=1S/C14H28N2OS/c1-15(2)13-3-7-16(8-4-13)11-14(12-18)5-9-17-10-6-14/h13,18H,3-12H2,1-2H3. The summed E-state index contributed by atoms with van der Waals surface area (Å²) in [6, 6.07) is 0.780. The minimum absolute atomic E-state index is 0.409. The van der Waals surface area contributed by atoms with Crippen LogP contribution in [0.5, 0.6) is 0 Å². The van der Waals surface area contributed by atoms with Crippen LogP contribution in [0.4, 0.5) is 0 Å². The fourth-order valence-electron chi connectivity index (χ4n) is 3.24. The van der Waals surface area contributed by atoms with Crippen LogP contribution >= 0.6 is 12.6 Å². The van der Waals surface area contributed by atoms with E-state index in [0.717, 1.165) is 25.0 Å². The molecule has 0 bridgehead atoms. The lowest BCUT2D eigenvalue weighted by molar-refractivity contribution is 0.000967. The van der Waals surface area contributed by atoms with Crippen LogP contribution in [0.15, 0.2) is 0 Å². The van der Waals surface area contributed by atoms with Crippen LogP contribution in [0.25, 0.3) is 0 Å². The van der Waals surface area contributed by atoms with Crippen LogP contribution in [-0.4, -0.2) is 68.5 Å². The third-order valence-electron chi connectivity index (χ3n) is 4.74. The summed E-state index contributed by atoms with van der Waals surface area (Å²) in [5.74, 6) is 1.00. The molecule has 0 aromatic heterocycles. The fraction of sp³-hybridized carbons (Fsp3) is 1.00. The van der Waals surface area contributed by atoms with Crippen molar-refractivity contribution in [3.63, 3.8) is 0 Å². The summed E-state index contributed by atoms with van der Waals surface area (Å²) in [4.78, 5) is 5.03. The lowest BCUT2D eigenvalue weighted by atomic mass is 9.81. The Labute approximate surface area is 117 Å². The van der Waals surface area contributed by atoms with Crippen LogP contribution in [0, 0.1) is 5.41 Å². The van der Waals surface area contributed by atoms with Crippen molar-refractivity contribution in [3.05, 3.63) is 0 Å². The van der Waals surface area contributed by atoms with Gasteiger partial charge in [0.05, 0.1) is 0 Å². The summed E-state index contributed by atoms with van der Waals surface area (Å²) in [7, 11) is 4.40. The van der Waals surface area contributed by atoms with E-state index in [-0.39, 0.29) is 0 Å². The van der Waals surface area contributed by atoms with Crippen LogP contribution in [0.3, 0.4) is 0 Å². The summed E-state index contributed by atoms with van der Waals surface area (Å²) >= 11 is 4.61. The molecule has 2 aliphatic heterocycles. The average molecular weight is 272 g/mol. The van der Waals surface area contributed by atoms with Crippen molar-refractivity contribution in [3.8, 4) is 0 Å². The largest absolute Gasteiger partial charge is 0.381 e. The molecular weight excluding hydrogens is 244 g/mol. The molecule has 2 fully saturated rings. The molecule has 2 rings (SSSR count). The van der Waals surface area contributed by atoms with Gasteiger partial charge >= 0.3 is 0 Å². The highest BCUT2D eigenvalue weighted by Crippen LogP contribution is 2.33. The van der Waals surface area contributed by atoms with Gasteiger partial charge in [-0.3, -0.25) is 0 Å². The molecule has 18 heavy (non-hydrogen) atoms. The van der Waals surface area contributed by atoms with Gasteiger partial charge in [0.25, 0.3) is 0 Å². The Morgan fingerprint density at radius 2 is 1.83 bits per heavy atom. The van der Waals surface area contributed by atoms with Crippen molar-refractivity contribution >= 4 is 12.6 Å². The number of likely N-dealkylation sites (tertiary alicyclic amines) is 1. The van der Waals surface area contributed by atoms with E-state index in [1.807, 2.05) is 0 Å².